The number of halogens is 1. The average molecular weight is 444 g/mol. The van der Waals surface area contributed by atoms with E-state index >= 15 is 0 Å². The van der Waals surface area contributed by atoms with Gasteiger partial charge in [-0.1, -0.05) is 54.0 Å². The maximum absolute atomic E-state index is 13.2. The van der Waals surface area contributed by atoms with Crippen molar-refractivity contribution >= 4 is 21.8 Å². The molecule has 28 heavy (non-hydrogen) atoms. The van der Waals surface area contributed by atoms with Gasteiger partial charge in [0.15, 0.2) is 0 Å². The number of methoxy groups -OCH3 is 1. The highest BCUT2D eigenvalue weighted by molar-refractivity contribution is 9.10. The minimum atomic E-state index is -0.649. The second kappa shape index (κ2) is 10.3. The van der Waals surface area contributed by atoms with Crippen LogP contribution in [0.3, 0.4) is 0 Å². The molecule has 2 aromatic carbocycles. The fourth-order valence-electron chi connectivity index (χ4n) is 3.18. The van der Waals surface area contributed by atoms with E-state index in [4.69, 9.17) is 10.5 Å². The lowest BCUT2D eigenvalue weighted by Gasteiger charge is -2.33. The molecule has 1 unspecified atom stereocenters. The highest BCUT2D eigenvalue weighted by atomic mass is 79.9. The lowest BCUT2D eigenvalue weighted by atomic mass is 9.95. The van der Waals surface area contributed by atoms with Crippen LogP contribution in [-0.4, -0.2) is 30.5 Å². The highest BCUT2D eigenvalue weighted by Crippen LogP contribution is 2.31. The van der Waals surface area contributed by atoms with Crippen LogP contribution in [0.25, 0.3) is 0 Å². The van der Waals surface area contributed by atoms with Gasteiger partial charge in [0.2, 0.25) is 5.91 Å². The molecular formula is C22H26BrN3O2. The van der Waals surface area contributed by atoms with Crippen LogP contribution in [0.4, 0.5) is 0 Å². The monoisotopic (exact) mass is 443 g/mol. The third-order valence-corrected chi connectivity index (χ3v) is 5.02. The third-order valence-electron chi connectivity index (χ3n) is 4.50. The number of nitriles is 1. The molecule has 0 fully saturated rings. The van der Waals surface area contributed by atoms with Crippen molar-refractivity contribution in [1.82, 2.24) is 4.90 Å². The van der Waals surface area contributed by atoms with E-state index < -0.39 is 12.1 Å². The van der Waals surface area contributed by atoms with Gasteiger partial charge in [0.1, 0.15) is 12.3 Å². The zero-order chi connectivity index (χ0) is 20.7. The normalized spacial score (nSPS) is 12.9. The first-order valence-electron chi connectivity index (χ1n) is 9.19. The maximum Gasteiger partial charge on any atom is 0.241 e. The van der Waals surface area contributed by atoms with Gasteiger partial charge in [0.25, 0.3) is 0 Å². The topological polar surface area (TPSA) is 79.3 Å². The Bertz CT molecular complexity index is 813. The van der Waals surface area contributed by atoms with Crippen LogP contribution in [0.5, 0.6) is 5.75 Å². The molecule has 0 bridgehead atoms. The smallest absolute Gasteiger partial charge is 0.241 e. The minimum absolute atomic E-state index is 0.0443. The quantitative estimate of drug-likeness (QED) is 0.617. The molecule has 0 saturated heterocycles. The van der Waals surface area contributed by atoms with E-state index in [0.717, 1.165) is 21.3 Å². The first kappa shape index (κ1) is 21.9. The van der Waals surface area contributed by atoms with E-state index in [1.54, 1.807) is 12.0 Å². The van der Waals surface area contributed by atoms with Crippen molar-refractivity contribution in [2.24, 2.45) is 11.7 Å². The number of carbonyl (C=O) groups is 1. The summed E-state index contributed by atoms with van der Waals surface area (Å²) in [5, 5.41) is 9.41. The van der Waals surface area contributed by atoms with Crippen LogP contribution in [0.2, 0.25) is 0 Å². The van der Waals surface area contributed by atoms with Crippen LogP contribution in [0, 0.1) is 17.2 Å². The summed E-state index contributed by atoms with van der Waals surface area (Å²) in [5.41, 5.74) is 7.99. The molecule has 2 atom stereocenters. The number of ether oxygens (including phenoxy) is 1. The van der Waals surface area contributed by atoms with E-state index in [1.807, 2.05) is 62.4 Å². The van der Waals surface area contributed by atoms with Gasteiger partial charge in [-0.3, -0.25) is 4.79 Å². The van der Waals surface area contributed by atoms with Gasteiger partial charge in [-0.15, -0.1) is 0 Å². The number of amides is 1. The Labute approximate surface area is 175 Å². The van der Waals surface area contributed by atoms with Gasteiger partial charge in [-0.05, 0) is 47.7 Å². The van der Waals surface area contributed by atoms with E-state index in [0.29, 0.717) is 6.42 Å². The molecule has 0 aliphatic rings. The molecule has 0 heterocycles. The van der Waals surface area contributed by atoms with Gasteiger partial charge in [0, 0.05) is 4.47 Å². The van der Waals surface area contributed by atoms with E-state index in [9.17, 15) is 10.1 Å². The Balaban J connectivity index is 2.50. The Morgan fingerprint density at radius 1 is 1.14 bits per heavy atom. The Kier molecular flexibility index (Phi) is 8.04. The molecule has 2 N–H and O–H groups in total. The zero-order valence-corrected chi connectivity index (χ0v) is 18.0. The van der Waals surface area contributed by atoms with Crippen molar-refractivity contribution in [2.45, 2.75) is 32.4 Å². The fraction of sp³-hybridized carbons (Fsp3) is 0.364. The molecule has 0 aliphatic heterocycles. The molecule has 6 heteroatoms. The standard InChI is InChI=1S/C22H26BrN3O2/c1-15(2)14-20(25)22(27)26(13-12-24)21(16-4-8-18(23)9-5-16)17-6-10-19(28-3)11-7-17/h4-11,15,20-21H,13-14,25H2,1-3H3/t20-,21?/m0/s1. The number of rotatable bonds is 8. The summed E-state index contributed by atoms with van der Waals surface area (Å²) in [7, 11) is 1.61. The molecule has 2 rings (SSSR count). The van der Waals surface area contributed by atoms with Crippen molar-refractivity contribution in [2.75, 3.05) is 13.7 Å². The molecule has 0 spiro atoms. The lowest BCUT2D eigenvalue weighted by Crippen LogP contribution is -2.46. The second-order valence-electron chi connectivity index (χ2n) is 7.09. The second-order valence-corrected chi connectivity index (χ2v) is 8.00. The Morgan fingerprint density at radius 3 is 2.14 bits per heavy atom. The van der Waals surface area contributed by atoms with Crippen LogP contribution >= 0.6 is 15.9 Å². The number of benzene rings is 2. The van der Waals surface area contributed by atoms with E-state index in [-0.39, 0.29) is 18.4 Å². The van der Waals surface area contributed by atoms with Crippen molar-refractivity contribution in [3.8, 4) is 11.8 Å². The van der Waals surface area contributed by atoms with Crippen molar-refractivity contribution in [3.05, 3.63) is 64.1 Å². The van der Waals surface area contributed by atoms with Gasteiger partial charge in [-0.2, -0.15) is 5.26 Å². The van der Waals surface area contributed by atoms with Gasteiger partial charge in [-0.25, -0.2) is 0 Å². The number of nitrogens with two attached hydrogens (primary N) is 1. The van der Waals surface area contributed by atoms with E-state index in [2.05, 4.69) is 22.0 Å². The fourth-order valence-corrected chi connectivity index (χ4v) is 3.44. The Hall–Kier alpha value is -2.36. The molecule has 0 aromatic heterocycles. The lowest BCUT2D eigenvalue weighted by molar-refractivity contribution is -0.134. The number of nitrogens with zero attached hydrogens (tertiary/aromatic N) is 2. The predicted octanol–water partition coefficient (Wildman–Crippen LogP) is 4.27. The maximum atomic E-state index is 13.2. The van der Waals surface area contributed by atoms with Crippen LogP contribution in [0.1, 0.15) is 37.4 Å². The molecule has 5 nitrogen and oxygen atoms in total. The molecule has 0 radical (unpaired) electrons. The summed E-state index contributed by atoms with van der Waals surface area (Å²) in [4.78, 5) is 14.7. The van der Waals surface area contributed by atoms with Crippen LogP contribution in [-0.2, 0) is 4.79 Å². The van der Waals surface area contributed by atoms with Crippen molar-refractivity contribution < 1.29 is 9.53 Å². The molecule has 1 amide bonds. The van der Waals surface area contributed by atoms with Crippen LogP contribution < -0.4 is 10.5 Å². The third kappa shape index (κ3) is 5.57. The van der Waals surface area contributed by atoms with Gasteiger partial charge < -0.3 is 15.4 Å². The molecule has 2 aromatic rings. The number of carbonyl (C=O) groups excluding carboxylic acids is 1. The van der Waals surface area contributed by atoms with Crippen LogP contribution in [0.15, 0.2) is 53.0 Å². The number of hydrogen-bond donors (Lipinski definition) is 1. The first-order valence-corrected chi connectivity index (χ1v) is 9.99. The highest BCUT2D eigenvalue weighted by Gasteiger charge is 2.30. The minimum Gasteiger partial charge on any atom is -0.497 e. The van der Waals surface area contributed by atoms with Gasteiger partial charge >= 0.3 is 0 Å². The molecular weight excluding hydrogens is 418 g/mol. The van der Waals surface area contributed by atoms with Gasteiger partial charge in [0.05, 0.1) is 25.3 Å². The summed E-state index contributed by atoms with van der Waals surface area (Å²) in [6.07, 6.45) is 0.566. The average Bonchev–Trinajstić information content (AvgIpc) is 2.68. The molecule has 148 valence electrons. The number of hydrogen-bond acceptors (Lipinski definition) is 4. The summed E-state index contributed by atoms with van der Waals surface area (Å²) in [5.74, 6) is 0.793. The largest absolute Gasteiger partial charge is 0.497 e. The van der Waals surface area contributed by atoms with Crippen molar-refractivity contribution in [1.29, 1.82) is 5.26 Å². The zero-order valence-electron chi connectivity index (χ0n) is 16.4. The molecule has 0 saturated carbocycles. The SMILES string of the molecule is COc1ccc(C(c2ccc(Br)cc2)N(CC#N)C(=O)[C@@H](N)CC(C)C)cc1. The summed E-state index contributed by atoms with van der Waals surface area (Å²) in [6.45, 7) is 4.01. The summed E-state index contributed by atoms with van der Waals surface area (Å²) in [6, 6.07) is 16.3. The summed E-state index contributed by atoms with van der Waals surface area (Å²) < 4.78 is 6.19. The molecule has 0 aliphatic carbocycles. The summed E-state index contributed by atoms with van der Waals surface area (Å²) >= 11 is 3.45. The predicted molar refractivity (Wildman–Crippen MR) is 114 cm³/mol. The van der Waals surface area contributed by atoms with E-state index in [1.165, 1.54) is 0 Å². The first-order chi connectivity index (χ1) is 13.4. The van der Waals surface area contributed by atoms with Crippen molar-refractivity contribution in [3.63, 3.8) is 0 Å². The Morgan fingerprint density at radius 2 is 1.68 bits per heavy atom.